The van der Waals surface area contributed by atoms with Crippen LogP contribution in [0.4, 0.5) is 0 Å². The van der Waals surface area contributed by atoms with Crippen LogP contribution in [0.5, 0.6) is 11.5 Å². The van der Waals surface area contributed by atoms with E-state index >= 15 is 0 Å². The monoisotopic (exact) mass is 513 g/mol. The van der Waals surface area contributed by atoms with Crippen LogP contribution in [0.15, 0.2) is 36.5 Å². The molecule has 3 aromatic rings. The van der Waals surface area contributed by atoms with Gasteiger partial charge in [0.25, 0.3) is 5.91 Å². The summed E-state index contributed by atoms with van der Waals surface area (Å²) in [6, 6.07) is 10.4. The van der Waals surface area contributed by atoms with Crippen molar-refractivity contribution in [3.63, 3.8) is 0 Å². The maximum atomic E-state index is 14.0. The van der Waals surface area contributed by atoms with Crippen molar-refractivity contribution >= 4 is 5.91 Å². The lowest BCUT2D eigenvalue weighted by Crippen LogP contribution is -2.33. The van der Waals surface area contributed by atoms with E-state index < -0.39 is 0 Å². The molecule has 0 unspecified atom stereocenters. The van der Waals surface area contributed by atoms with E-state index in [4.69, 9.17) is 14.5 Å². The zero-order chi connectivity index (χ0) is 26.2. The molecule has 2 aromatic carbocycles. The molecule has 1 amide bonds. The minimum Gasteiger partial charge on any atom is -0.496 e. The van der Waals surface area contributed by atoms with E-state index in [-0.39, 0.29) is 12.0 Å². The van der Waals surface area contributed by atoms with Gasteiger partial charge in [0, 0.05) is 48.9 Å². The molecule has 0 atom stereocenters. The van der Waals surface area contributed by atoms with Crippen molar-refractivity contribution in [2.24, 2.45) is 5.92 Å². The SMILES string of the molecule is CCc1cc(C(=O)N(Cc2cc(-c3cn4c(n3)CCC4)ccc2OC2CCC2)CC2CC2)cc(OC)c1C. The number of methoxy groups -OCH3 is 1. The number of hydrogen-bond donors (Lipinski definition) is 0. The minimum absolute atomic E-state index is 0.0610. The molecule has 38 heavy (non-hydrogen) atoms. The maximum Gasteiger partial charge on any atom is 0.254 e. The average Bonchev–Trinajstić information content (AvgIpc) is 3.45. The van der Waals surface area contributed by atoms with Crippen LogP contribution in [-0.2, 0) is 25.9 Å². The van der Waals surface area contributed by atoms with Gasteiger partial charge in [0.15, 0.2) is 0 Å². The Hall–Kier alpha value is -3.28. The molecule has 2 heterocycles. The number of carbonyl (C=O) groups is 1. The van der Waals surface area contributed by atoms with Gasteiger partial charge in [-0.2, -0.15) is 0 Å². The van der Waals surface area contributed by atoms with Crippen molar-refractivity contribution in [2.75, 3.05) is 13.7 Å². The lowest BCUT2D eigenvalue weighted by Gasteiger charge is -2.29. The predicted octanol–water partition coefficient (Wildman–Crippen LogP) is 6.36. The Bertz CT molecular complexity index is 1290. The van der Waals surface area contributed by atoms with Gasteiger partial charge in [-0.25, -0.2) is 4.98 Å². The zero-order valence-electron chi connectivity index (χ0n) is 23.0. The van der Waals surface area contributed by atoms with Gasteiger partial charge in [-0.15, -0.1) is 0 Å². The first-order valence-corrected chi connectivity index (χ1v) is 14.3. The van der Waals surface area contributed by atoms with E-state index in [1.807, 2.05) is 11.0 Å². The van der Waals surface area contributed by atoms with Gasteiger partial charge in [-0.3, -0.25) is 4.79 Å². The number of imidazole rings is 1. The van der Waals surface area contributed by atoms with Crippen LogP contribution in [0.1, 0.15) is 78.3 Å². The van der Waals surface area contributed by atoms with E-state index in [1.54, 1.807) is 7.11 Å². The number of nitrogens with zero attached hydrogens (tertiary/aromatic N) is 3. The summed E-state index contributed by atoms with van der Waals surface area (Å²) in [5, 5.41) is 0. The summed E-state index contributed by atoms with van der Waals surface area (Å²) in [6.07, 6.45) is 11.3. The number of ether oxygens (including phenoxy) is 2. The fourth-order valence-corrected chi connectivity index (χ4v) is 5.71. The normalized spacial score (nSPS) is 16.7. The number of carbonyl (C=O) groups excluding carboxylic acids is 1. The van der Waals surface area contributed by atoms with E-state index in [1.165, 1.54) is 31.5 Å². The van der Waals surface area contributed by atoms with Gasteiger partial charge in [-0.05, 0) is 99.2 Å². The van der Waals surface area contributed by atoms with Crippen molar-refractivity contribution in [3.05, 3.63) is 64.6 Å². The van der Waals surface area contributed by atoms with Crippen LogP contribution in [-0.4, -0.2) is 40.1 Å². The van der Waals surface area contributed by atoms with Crippen molar-refractivity contribution in [2.45, 2.75) is 84.4 Å². The molecule has 2 saturated carbocycles. The van der Waals surface area contributed by atoms with Crippen molar-refractivity contribution in [1.82, 2.24) is 14.5 Å². The molecule has 2 aliphatic carbocycles. The second-order valence-electron chi connectivity index (χ2n) is 11.3. The highest BCUT2D eigenvalue weighted by molar-refractivity contribution is 5.95. The third-order valence-electron chi connectivity index (χ3n) is 8.50. The molecule has 0 bridgehead atoms. The topological polar surface area (TPSA) is 56.6 Å². The maximum absolute atomic E-state index is 14.0. The Balaban J connectivity index is 1.34. The first-order valence-electron chi connectivity index (χ1n) is 14.3. The van der Waals surface area contributed by atoms with E-state index in [0.717, 1.165) is 78.2 Å². The van der Waals surface area contributed by atoms with Gasteiger partial charge in [-0.1, -0.05) is 6.92 Å². The fraction of sp³-hybridized carbons (Fsp3) is 0.500. The highest BCUT2D eigenvalue weighted by Gasteiger charge is 2.29. The third-order valence-corrected chi connectivity index (χ3v) is 8.50. The molecule has 6 rings (SSSR count). The molecular weight excluding hydrogens is 474 g/mol. The average molecular weight is 514 g/mol. The fourth-order valence-electron chi connectivity index (χ4n) is 5.71. The third kappa shape index (κ3) is 5.05. The van der Waals surface area contributed by atoms with Crippen molar-refractivity contribution in [1.29, 1.82) is 0 Å². The summed E-state index contributed by atoms with van der Waals surface area (Å²) in [4.78, 5) is 21.0. The summed E-state index contributed by atoms with van der Waals surface area (Å²) >= 11 is 0. The summed E-state index contributed by atoms with van der Waals surface area (Å²) in [6.45, 7) is 6.52. The molecule has 1 aliphatic heterocycles. The first-order chi connectivity index (χ1) is 18.5. The molecule has 0 N–H and O–H groups in total. The molecule has 0 spiro atoms. The second kappa shape index (κ2) is 10.5. The summed E-state index contributed by atoms with van der Waals surface area (Å²) in [5.74, 6) is 3.48. The number of amides is 1. The molecular formula is C32H39N3O3. The zero-order valence-corrected chi connectivity index (χ0v) is 23.0. The summed E-state index contributed by atoms with van der Waals surface area (Å²) < 4.78 is 14.4. The first kappa shape index (κ1) is 25.0. The highest BCUT2D eigenvalue weighted by atomic mass is 16.5. The Labute approximate surface area is 226 Å². The van der Waals surface area contributed by atoms with Crippen LogP contribution in [0.3, 0.4) is 0 Å². The van der Waals surface area contributed by atoms with Gasteiger partial charge in [0.05, 0.1) is 18.9 Å². The number of benzene rings is 2. The van der Waals surface area contributed by atoms with Crippen molar-refractivity contribution in [3.8, 4) is 22.8 Å². The van der Waals surface area contributed by atoms with Crippen LogP contribution in [0.25, 0.3) is 11.3 Å². The van der Waals surface area contributed by atoms with Gasteiger partial charge < -0.3 is 18.9 Å². The van der Waals surface area contributed by atoms with E-state index in [2.05, 4.69) is 48.9 Å². The number of aryl methyl sites for hydroxylation is 3. The smallest absolute Gasteiger partial charge is 0.254 e. The quantitative estimate of drug-likeness (QED) is 0.317. The molecule has 2 fully saturated rings. The van der Waals surface area contributed by atoms with Crippen molar-refractivity contribution < 1.29 is 14.3 Å². The molecule has 6 nitrogen and oxygen atoms in total. The molecule has 0 saturated heterocycles. The van der Waals surface area contributed by atoms with E-state index in [0.29, 0.717) is 18.0 Å². The summed E-state index contributed by atoms with van der Waals surface area (Å²) in [5.41, 5.74) is 6.12. The van der Waals surface area contributed by atoms with Gasteiger partial charge in [0.1, 0.15) is 17.3 Å². The molecule has 0 radical (unpaired) electrons. The lowest BCUT2D eigenvalue weighted by molar-refractivity contribution is 0.0728. The molecule has 3 aliphatic rings. The second-order valence-corrected chi connectivity index (χ2v) is 11.3. The molecule has 200 valence electrons. The Morgan fingerprint density at radius 2 is 1.92 bits per heavy atom. The Kier molecular flexibility index (Phi) is 6.89. The van der Waals surface area contributed by atoms with Crippen LogP contribution in [0.2, 0.25) is 0 Å². The number of aromatic nitrogens is 2. The van der Waals surface area contributed by atoms with Gasteiger partial charge in [0.2, 0.25) is 0 Å². The Morgan fingerprint density at radius 3 is 2.61 bits per heavy atom. The lowest BCUT2D eigenvalue weighted by atomic mass is 9.96. The van der Waals surface area contributed by atoms with Crippen LogP contribution in [0, 0.1) is 12.8 Å². The van der Waals surface area contributed by atoms with Crippen LogP contribution >= 0.6 is 0 Å². The van der Waals surface area contributed by atoms with E-state index in [9.17, 15) is 4.79 Å². The molecule has 1 aromatic heterocycles. The predicted molar refractivity (Wildman–Crippen MR) is 149 cm³/mol. The standard InChI is InChI=1S/C32H39N3O3/c1-4-23-15-25(17-30(37-3)21(23)2)32(36)35(18-22-10-11-22)19-26-16-24(12-13-29(26)38-27-7-5-8-27)28-20-34-14-6-9-31(34)33-28/h12-13,15-17,20,22,27H,4-11,14,18-19H2,1-3H3. The highest BCUT2D eigenvalue weighted by Crippen LogP contribution is 2.35. The largest absolute Gasteiger partial charge is 0.496 e. The number of fused-ring (bicyclic) bond motifs is 1. The molecule has 6 heteroatoms. The summed E-state index contributed by atoms with van der Waals surface area (Å²) in [7, 11) is 1.68. The minimum atomic E-state index is 0.0610. The Morgan fingerprint density at radius 1 is 1.08 bits per heavy atom. The van der Waals surface area contributed by atoms with Crippen LogP contribution < -0.4 is 9.47 Å². The number of hydrogen-bond acceptors (Lipinski definition) is 4. The number of rotatable bonds is 10. The van der Waals surface area contributed by atoms with Gasteiger partial charge >= 0.3 is 0 Å².